The molecular weight excluding hydrogens is 549 g/mol. The van der Waals surface area contributed by atoms with Crippen molar-refractivity contribution in [2.45, 2.75) is 5.92 Å². The third-order valence-corrected chi connectivity index (χ3v) is 15.6. The summed E-state index contributed by atoms with van der Waals surface area (Å²) in [5.41, 5.74) is 12.5. The van der Waals surface area contributed by atoms with Crippen LogP contribution in [0.15, 0.2) is 133 Å². The first-order valence-electron chi connectivity index (χ1n) is 14.6. The second kappa shape index (κ2) is 7.41. The fraction of sp³-hybridized carbons (Fsp3) is 0.0270. The van der Waals surface area contributed by atoms with Crippen LogP contribution in [0.2, 0.25) is 0 Å². The Balaban J connectivity index is 1.42. The van der Waals surface area contributed by atoms with Crippen LogP contribution < -0.4 is 24.2 Å². The normalized spacial score (nSPS) is 17.7. The van der Waals surface area contributed by atoms with Gasteiger partial charge >= 0.3 is 248 Å². The number of fused-ring (bicyclic) bond motifs is 7. The van der Waals surface area contributed by atoms with Crippen molar-refractivity contribution in [3.05, 3.63) is 150 Å². The van der Waals surface area contributed by atoms with E-state index in [1.165, 1.54) is 71.7 Å². The van der Waals surface area contributed by atoms with Gasteiger partial charge in [0.1, 0.15) is 0 Å². The van der Waals surface area contributed by atoms with E-state index in [4.69, 9.17) is 0 Å². The molecule has 42 heavy (non-hydrogen) atoms. The predicted molar refractivity (Wildman–Crippen MR) is 174 cm³/mol. The van der Waals surface area contributed by atoms with Crippen LogP contribution in [0.25, 0.3) is 32.3 Å². The molecule has 0 radical (unpaired) electrons. The van der Waals surface area contributed by atoms with Gasteiger partial charge in [-0.25, -0.2) is 0 Å². The first-order valence-corrected chi connectivity index (χ1v) is 17.3. The average molecular weight is 574 g/mol. The van der Waals surface area contributed by atoms with Gasteiger partial charge in [0.05, 0.1) is 0 Å². The Labute approximate surface area is 247 Å². The van der Waals surface area contributed by atoms with Gasteiger partial charge in [0, 0.05) is 0 Å². The van der Waals surface area contributed by atoms with E-state index in [0.29, 0.717) is 0 Å². The molecule has 1 spiro atoms. The second-order valence-corrected chi connectivity index (χ2v) is 15.9. The molecule has 11 rings (SSSR count). The minimum absolute atomic E-state index is 0.230. The molecule has 0 saturated carbocycles. The number of pyridine rings is 2. The van der Waals surface area contributed by atoms with Crippen LogP contribution in [0, 0.1) is 0 Å². The molecule has 0 bridgehead atoms. The molecule has 196 valence electrons. The van der Waals surface area contributed by atoms with Gasteiger partial charge in [-0.15, -0.1) is 0 Å². The van der Waals surface area contributed by atoms with Gasteiger partial charge < -0.3 is 0 Å². The molecule has 0 N–H and O–H groups in total. The van der Waals surface area contributed by atoms with E-state index in [0.717, 1.165) is 0 Å². The van der Waals surface area contributed by atoms with Crippen LogP contribution in [-0.4, -0.2) is 0 Å². The van der Waals surface area contributed by atoms with E-state index >= 15 is 0 Å². The van der Waals surface area contributed by atoms with Crippen molar-refractivity contribution in [1.82, 2.24) is 0 Å². The Morgan fingerprint density at radius 3 is 2.33 bits per heavy atom. The Kier molecular flexibility index (Phi) is 3.89. The topological polar surface area (TPSA) is 11.0 Å². The number of anilines is 3. The van der Waals surface area contributed by atoms with Crippen molar-refractivity contribution in [2.24, 2.45) is 0 Å². The van der Waals surface area contributed by atoms with Crippen molar-refractivity contribution < 1.29 is 8.68 Å². The monoisotopic (exact) mass is 573 g/mol. The quantitative estimate of drug-likeness (QED) is 0.187. The van der Waals surface area contributed by atoms with E-state index in [1.807, 2.05) is 11.3 Å². The fourth-order valence-electron chi connectivity index (χ4n) is 8.64. The third-order valence-electron chi connectivity index (χ3n) is 10.0. The Bertz CT molecular complexity index is 2340. The third kappa shape index (κ3) is 2.28. The summed E-state index contributed by atoms with van der Waals surface area (Å²) in [6.07, 6.45) is 4.76. The zero-order chi connectivity index (χ0) is 27.2. The molecule has 1 unspecified atom stereocenters. The van der Waals surface area contributed by atoms with Crippen LogP contribution in [-0.2, 0) is 0 Å². The molecule has 7 aromatic rings. The van der Waals surface area contributed by atoms with E-state index < -0.39 is 7.56 Å². The van der Waals surface area contributed by atoms with Gasteiger partial charge in [0.2, 0.25) is 0 Å². The summed E-state index contributed by atoms with van der Waals surface area (Å²) < 4.78 is 6.82. The number of hydrogen-bond acceptors (Lipinski definition) is 2. The number of thiophene rings is 1. The molecule has 6 heterocycles. The second-order valence-electron chi connectivity index (χ2n) is 11.7. The van der Waals surface area contributed by atoms with E-state index in [1.54, 1.807) is 5.30 Å². The van der Waals surface area contributed by atoms with Crippen molar-refractivity contribution in [3.63, 3.8) is 0 Å². The molecule has 3 aliphatic heterocycles. The maximum atomic E-state index is 2.75. The minimum atomic E-state index is -2.87. The predicted octanol–water partition coefficient (Wildman–Crippen LogP) is 7.34. The summed E-state index contributed by atoms with van der Waals surface area (Å²) in [5.74, 6) is 1.45. The van der Waals surface area contributed by atoms with E-state index in [9.17, 15) is 0 Å². The molecule has 0 amide bonds. The van der Waals surface area contributed by atoms with Crippen LogP contribution >= 0.6 is 18.9 Å². The zero-order valence-corrected chi connectivity index (χ0v) is 24.3. The molecule has 0 fully saturated rings. The van der Waals surface area contributed by atoms with Crippen LogP contribution in [0.5, 0.6) is 0 Å². The summed E-state index contributed by atoms with van der Waals surface area (Å²) in [4.78, 5) is 2.49. The van der Waals surface area contributed by atoms with Crippen molar-refractivity contribution in [3.8, 4) is 22.3 Å². The van der Waals surface area contributed by atoms with Crippen LogP contribution in [0.3, 0.4) is 0 Å². The Morgan fingerprint density at radius 2 is 1.40 bits per heavy atom. The number of aromatic nitrogens is 2. The molecule has 4 aromatic carbocycles. The van der Waals surface area contributed by atoms with Crippen LogP contribution in [0.1, 0.15) is 22.7 Å². The first-order chi connectivity index (χ1) is 20.9. The van der Waals surface area contributed by atoms with Gasteiger partial charge in [-0.3, -0.25) is 0 Å². The number of hydrogen-bond donors (Lipinski definition) is 0. The molecule has 5 heteroatoms. The van der Waals surface area contributed by atoms with Gasteiger partial charge in [0.15, 0.2) is 0 Å². The average Bonchev–Trinajstić information content (AvgIpc) is 3.64. The molecule has 1 aliphatic carbocycles. The summed E-state index contributed by atoms with van der Waals surface area (Å²) in [6.45, 7) is 0. The summed E-state index contributed by atoms with van der Waals surface area (Å²) in [7, 11) is -2.87. The van der Waals surface area contributed by atoms with E-state index in [-0.39, 0.29) is 5.92 Å². The molecule has 4 aliphatic rings. The number of benzene rings is 4. The first kappa shape index (κ1) is 22.0. The number of rotatable bonds is 1. The number of para-hydroxylation sites is 1. The zero-order valence-electron chi connectivity index (χ0n) is 22.5. The summed E-state index contributed by atoms with van der Waals surface area (Å²) >= 11 is 1.89. The number of nitrogens with zero attached hydrogens (tertiary/aromatic N) is 3. The summed E-state index contributed by atoms with van der Waals surface area (Å²) in [5, 5.41) is 6.93. The van der Waals surface area contributed by atoms with Gasteiger partial charge in [-0.1, -0.05) is 0 Å². The maximum absolute atomic E-state index is 2.87. The molecule has 3 nitrogen and oxygen atoms in total. The summed E-state index contributed by atoms with van der Waals surface area (Å²) in [6, 6.07) is 43.2. The Hall–Kier alpha value is -4.63. The SMILES string of the molecule is c1ccc(N2c3ccc4scc5c4c3[PH]3(c4c-5ccc5c4C(c4ccccc4-5)c4cccc[n+]43)[n+]3ccccc32)cc1. The molecule has 1 atom stereocenters. The van der Waals surface area contributed by atoms with Crippen LogP contribution in [0.4, 0.5) is 17.2 Å². The fourth-order valence-corrected chi connectivity index (χ4v) is 15.2. The van der Waals surface area contributed by atoms with Gasteiger partial charge in [-0.05, 0) is 0 Å². The molecule has 0 saturated heterocycles. The van der Waals surface area contributed by atoms with Gasteiger partial charge in [-0.2, -0.15) is 0 Å². The molecule has 3 aromatic heterocycles. The van der Waals surface area contributed by atoms with Gasteiger partial charge in [0.25, 0.3) is 0 Å². The van der Waals surface area contributed by atoms with Crippen molar-refractivity contribution >= 4 is 56.8 Å². The standard InChI is InChI=1S/C37H24N3PS/c1-2-10-23(11-3-1)40-30-18-19-31-34-28(22-42-31)27-17-16-26-24-12-4-5-13-25(24)33-29-14-6-8-20-38(29)41(37(30)34,36(27)35(26)33)39-21-9-7-15-32(39)40/h1-22,33,41H/q+2. The van der Waals surface area contributed by atoms with Crippen molar-refractivity contribution in [1.29, 1.82) is 0 Å². The Morgan fingerprint density at radius 1 is 0.619 bits per heavy atom. The molecular formula is C37H24N3PS+2. The van der Waals surface area contributed by atoms with Crippen molar-refractivity contribution in [2.75, 3.05) is 4.90 Å². The van der Waals surface area contributed by atoms with E-state index in [2.05, 4.69) is 147 Å².